The van der Waals surface area contributed by atoms with Crippen LogP contribution in [-0.2, 0) is 21.2 Å². The number of rotatable bonds is 5. The minimum absolute atomic E-state index is 0.188. The summed E-state index contributed by atoms with van der Waals surface area (Å²) in [7, 11) is -3.24. The van der Waals surface area contributed by atoms with Crippen LogP contribution >= 0.6 is 0 Å². The Hall–Kier alpha value is -2.09. The van der Waals surface area contributed by atoms with Crippen LogP contribution in [0.15, 0.2) is 34.3 Å². The lowest BCUT2D eigenvalue weighted by molar-refractivity contribution is -0.126. The van der Waals surface area contributed by atoms with E-state index in [2.05, 4.69) is 10.5 Å². The molecule has 0 radical (unpaired) electrons. The van der Waals surface area contributed by atoms with Crippen LogP contribution in [0, 0.1) is 5.41 Å². The molecule has 1 aromatic carbocycles. The third kappa shape index (κ3) is 4.19. The summed E-state index contributed by atoms with van der Waals surface area (Å²) < 4.78 is 22.7. The highest BCUT2D eigenvalue weighted by atomic mass is 32.2. The van der Waals surface area contributed by atoms with Crippen LogP contribution < -0.4 is 11.1 Å². The molecule has 0 heterocycles. The maximum atomic E-state index is 12.0. The third-order valence-corrected chi connectivity index (χ3v) is 4.25. The Morgan fingerprint density at radius 3 is 2.29 bits per heavy atom. The fourth-order valence-electron chi connectivity index (χ4n) is 1.50. The zero-order valence-corrected chi connectivity index (χ0v) is 12.9. The average molecular weight is 313 g/mol. The largest absolute Gasteiger partial charge is 0.409 e. The van der Waals surface area contributed by atoms with Crippen molar-refractivity contribution in [2.75, 3.05) is 6.26 Å². The lowest BCUT2D eigenvalue weighted by Crippen LogP contribution is -2.45. The number of amidine groups is 1. The Bertz CT molecular complexity index is 648. The second-order valence-corrected chi connectivity index (χ2v) is 7.22. The Balaban J connectivity index is 2.74. The standard InChI is InChI=1S/C13H19N3O4S/c1-13(2,11(14)16-18)12(17)15-8-9-4-6-10(7-5-9)21(3,19)20/h4-7,18H,8H2,1-3H3,(H2,14,16)(H,15,17). The van der Waals surface area contributed by atoms with Gasteiger partial charge in [-0.2, -0.15) is 0 Å². The van der Waals surface area contributed by atoms with Crippen molar-refractivity contribution in [2.24, 2.45) is 16.3 Å². The van der Waals surface area contributed by atoms with E-state index in [0.717, 1.165) is 11.8 Å². The average Bonchev–Trinajstić information content (AvgIpc) is 2.43. The molecule has 8 heteroatoms. The molecular weight excluding hydrogens is 294 g/mol. The highest BCUT2D eigenvalue weighted by Gasteiger charge is 2.32. The Morgan fingerprint density at radius 1 is 1.33 bits per heavy atom. The number of amides is 1. The normalized spacial score (nSPS) is 13.0. The van der Waals surface area contributed by atoms with Crippen LogP contribution in [-0.4, -0.2) is 31.6 Å². The molecule has 21 heavy (non-hydrogen) atoms. The monoisotopic (exact) mass is 313 g/mol. The van der Waals surface area contributed by atoms with Crippen LogP contribution in [0.25, 0.3) is 0 Å². The second-order valence-electron chi connectivity index (χ2n) is 5.21. The number of hydrogen-bond acceptors (Lipinski definition) is 5. The van der Waals surface area contributed by atoms with E-state index < -0.39 is 21.2 Å². The van der Waals surface area contributed by atoms with E-state index in [1.54, 1.807) is 12.1 Å². The van der Waals surface area contributed by atoms with Crippen molar-refractivity contribution in [1.82, 2.24) is 5.32 Å². The second kappa shape index (κ2) is 6.13. The van der Waals surface area contributed by atoms with Gasteiger partial charge in [0.1, 0.15) is 5.41 Å². The summed E-state index contributed by atoms with van der Waals surface area (Å²) in [5, 5.41) is 14.1. The molecule has 4 N–H and O–H groups in total. The van der Waals surface area contributed by atoms with E-state index >= 15 is 0 Å². The minimum Gasteiger partial charge on any atom is -0.409 e. The molecule has 0 aromatic heterocycles. The van der Waals surface area contributed by atoms with Gasteiger partial charge < -0.3 is 16.3 Å². The molecule has 1 amide bonds. The number of oxime groups is 1. The molecule has 7 nitrogen and oxygen atoms in total. The van der Waals surface area contributed by atoms with E-state index in [9.17, 15) is 13.2 Å². The van der Waals surface area contributed by atoms with Gasteiger partial charge in [-0.05, 0) is 31.5 Å². The molecule has 0 aliphatic heterocycles. The predicted octanol–water partition coefficient (Wildman–Crippen LogP) is 0.479. The van der Waals surface area contributed by atoms with Gasteiger partial charge in [0.05, 0.1) is 4.90 Å². The van der Waals surface area contributed by atoms with Crippen LogP contribution in [0.4, 0.5) is 0 Å². The van der Waals surface area contributed by atoms with Gasteiger partial charge in [0, 0.05) is 12.8 Å². The zero-order chi connectivity index (χ0) is 16.3. The SMILES string of the molecule is CC(C)(C(=O)NCc1ccc(S(C)(=O)=O)cc1)C(N)=NO. The Labute approximate surface area is 123 Å². The van der Waals surface area contributed by atoms with Crippen molar-refractivity contribution in [3.05, 3.63) is 29.8 Å². The van der Waals surface area contributed by atoms with Crippen molar-refractivity contribution in [3.8, 4) is 0 Å². The maximum absolute atomic E-state index is 12.0. The van der Waals surface area contributed by atoms with E-state index in [-0.39, 0.29) is 17.3 Å². The summed E-state index contributed by atoms with van der Waals surface area (Å²) in [6.07, 6.45) is 1.13. The fraction of sp³-hybridized carbons (Fsp3) is 0.385. The first-order chi connectivity index (χ1) is 9.59. The number of sulfone groups is 1. The first-order valence-corrected chi connectivity index (χ1v) is 8.03. The molecule has 0 unspecified atom stereocenters. The number of benzene rings is 1. The van der Waals surface area contributed by atoms with Crippen molar-refractivity contribution >= 4 is 21.6 Å². The molecule has 0 saturated heterocycles. The molecule has 0 aliphatic carbocycles. The van der Waals surface area contributed by atoms with Crippen molar-refractivity contribution in [2.45, 2.75) is 25.3 Å². The highest BCUT2D eigenvalue weighted by molar-refractivity contribution is 7.90. The smallest absolute Gasteiger partial charge is 0.233 e. The molecule has 0 atom stereocenters. The predicted molar refractivity (Wildman–Crippen MR) is 78.6 cm³/mol. The van der Waals surface area contributed by atoms with Crippen LogP contribution in [0.2, 0.25) is 0 Å². The highest BCUT2D eigenvalue weighted by Crippen LogP contribution is 2.16. The first-order valence-electron chi connectivity index (χ1n) is 6.14. The van der Waals surface area contributed by atoms with Gasteiger partial charge in [0.2, 0.25) is 5.91 Å². The summed E-state index contributed by atoms with van der Waals surface area (Å²) in [4.78, 5) is 12.2. The molecule has 0 aliphatic rings. The molecule has 116 valence electrons. The van der Waals surface area contributed by atoms with Crippen molar-refractivity contribution in [1.29, 1.82) is 0 Å². The maximum Gasteiger partial charge on any atom is 0.233 e. The summed E-state index contributed by atoms with van der Waals surface area (Å²) >= 11 is 0. The Morgan fingerprint density at radius 2 is 1.86 bits per heavy atom. The molecular formula is C13H19N3O4S. The fourth-order valence-corrected chi connectivity index (χ4v) is 2.13. The number of hydrogen-bond donors (Lipinski definition) is 3. The topological polar surface area (TPSA) is 122 Å². The lowest BCUT2D eigenvalue weighted by Gasteiger charge is -2.21. The molecule has 0 spiro atoms. The van der Waals surface area contributed by atoms with E-state index in [1.165, 1.54) is 26.0 Å². The molecule has 0 fully saturated rings. The van der Waals surface area contributed by atoms with Crippen LogP contribution in [0.3, 0.4) is 0 Å². The molecule has 1 aromatic rings. The summed E-state index contributed by atoms with van der Waals surface area (Å²) in [6, 6.07) is 6.19. The summed E-state index contributed by atoms with van der Waals surface area (Å²) in [6.45, 7) is 3.28. The zero-order valence-electron chi connectivity index (χ0n) is 12.1. The summed E-state index contributed by atoms with van der Waals surface area (Å²) in [5.41, 5.74) is 5.07. The minimum atomic E-state index is -3.24. The van der Waals surface area contributed by atoms with Gasteiger partial charge >= 0.3 is 0 Å². The number of carbonyl (C=O) groups is 1. The van der Waals surface area contributed by atoms with Gasteiger partial charge in [-0.25, -0.2) is 8.42 Å². The van der Waals surface area contributed by atoms with Gasteiger partial charge in [0.25, 0.3) is 0 Å². The van der Waals surface area contributed by atoms with Crippen molar-refractivity contribution in [3.63, 3.8) is 0 Å². The Kier molecular flexibility index (Phi) is 4.95. The van der Waals surface area contributed by atoms with Gasteiger partial charge in [-0.15, -0.1) is 0 Å². The van der Waals surface area contributed by atoms with Gasteiger partial charge in [-0.3, -0.25) is 4.79 Å². The van der Waals surface area contributed by atoms with Gasteiger partial charge in [0.15, 0.2) is 15.7 Å². The van der Waals surface area contributed by atoms with E-state index in [1.807, 2.05) is 0 Å². The molecule has 0 bridgehead atoms. The first kappa shape index (κ1) is 17.0. The van der Waals surface area contributed by atoms with Crippen LogP contribution in [0.5, 0.6) is 0 Å². The summed E-state index contributed by atoms with van der Waals surface area (Å²) in [5.74, 6) is -0.586. The van der Waals surface area contributed by atoms with E-state index in [0.29, 0.717) is 0 Å². The number of nitrogens with one attached hydrogen (secondary N) is 1. The molecule has 0 saturated carbocycles. The number of nitrogens with two attached hydrogens (primary N) is 1. The number of carbonyl (C=O) groups excluding carboxylic acids is 1. The third-order valence-electron chi connectivity index (χ3n) is 3.12. The van der Waals surface area contributed by atoms with E-state index in [4.69, 9.17) is 10.9 Å². The quantitative estimate of drug-likeness (QED) is 0.316. The lowest BCUT2D eigenvalue weighted by atomic mass is 9.91. The van der Waals surface area contributed by atoms with Gasteiger partial charge in [-0.1, -0.05) is 17.3 Å². The molecule has 1 rings (SSSR count). The van der Waals surface area contributed by atoms with Crippen molar-refractivity contribution < 1.29 is 18.4 Å². The number of nitrogens with zero attached hydrogens (tertiary/aromatic N) is 1. The van der Waals surface area contributed by atoms with Crippen LogP contribution in [0.1, 0.15) is 19.4 Å².